The van der Waals surface area contributed by atoms with Crippen LogP contribution in [0.1, 0.15) is 41.3 Å². The second-order valence-electron chi connectivity index (χ2n) is 8.59. The molecular formula is C25H25F3N2O4. The lowest BCUT2D eigenvalue weighted by Crippen LogP contribution is -2.43. The third-order valence-electron chi connectivity index (χ3n) is 6.37. The second-order valence-corrected chi connectivity index (χ2v) is 8.59. The maximum atomic E-state index is 12.8. The highest BCUT2D eigenvalue weighted by Gasteiger charge is 2.34. The van der Waals surface area contributed by atoms with Gasteiger partial charge < -0.3 is 14.5 Å². The fourth-order valence-electron chi connectivity index (χ4n) is 4.41. The Morgan fingerprint density at radius 2 is 1.62 bits per heavy atom. The van der Waals surface area contributed by atoms with Crippen molar-refractivity contribution in [2.45, 2.75) is 38.5 Å². The molecule has 34 heavy (non-hydrogen) atoms. The van der Waals surface area contributed by atoms with E-state index >= 15 is 0 Å². The van der Waals surface area contributed by atoms with E-state index in [2.05, 4.69) is 0 Å². The molecule has 0 bridgehead atoms. The van der Waals surface area contributed by atoms with Crippen LogP contribution in [-0.2, 0) is 26.9 Å². The van der Waals surface area contributed by atoms with Gasteiger partial charge in [0.25, 0.3) is 11.8 Å². The number of ether oxygens (including phenoxy) is 1. The summed E-state index contributed by atoms with van der Waals surface area (Å²) in [6.07, 6.45) is -3.91. The molecule has 2 aromatic rings. The number of amides is 2. The highest BCUT2D eigenvalue weighted by molar-refractivity contribution is 5.99. The number of carbonyl (C=O) groups is 3. The van der Waals surface area contributed by atoms with Crippen LogP contribution in [0, 0.1) is 5.92 Å². The van der Waals surface area contributed by atoms with Gasteiger partial charge in [0.2, 0.25) is 0 Å². The smallest absolute Gasteiger partial charge is 0.416 e. The van der Waals surface area contributed by atoms with Crippen LogP contribution in [0.2, 0.25) is 0 Å². The Morgan fingerprint density at radius 3 is 2.26 bits per heavy atom. The minimum absolute atomic E-state index is 0.166. The molecular weight excluding hydrogens is 449 g/mol. The van der Waals surface area contributed by atoms with Crippen molar-refractivity contribution < 1.29 is 32.3 Å². The predicted molar refractivity (Wildman–Crippen MR) is 118 cm³/mol. The van der Waals surface area contributed by atoms with E-state index in [-0.39, 0.29) is 30.5 Å². The third kappa shape index (κ3) is 4.93. The van der Waals surface area contributed by atoms with Crippen LogP contribution in [0.5, 0.6) is 0 Å². The Morgan fingerprint density at radius 1 is 0.971 bits per heavy atom. The van der Waals surface area contributed by atoms with Gasteiger partial charge in [-0.05, 0) is 62.1 Å². The Labute approximate surface area is 195 Å². The van der Waals surface area contributed by atoms with Crippen LogP contribution < -0.4 is 4.90 Å². The molecule has 1 unspecified atom stereocenters. The van der Waals surface area contributed by atoms with E-state index in [9.17, 15) is 27.6 Å². The monoisotopic (exact) mass is 474 g/mol. The zero-order valence-electron chi connectivity index (χ0n) is 18.7. The summed E-state index contributed by atoms with van der Waals surface area (Å²) < 4.78 is 43.6. The van der Waals surface area contributed by atoms with Crippen molar-refractivity contribution >= 4 is 23.5 Å². The van der Waals surface area contributed by atoms with Gasteiger partial charge in [0.05, 0.1) is 11.5 Å². The van der Waals surface area contributed by atoms with Crippen molar-refractivity contribution in [1.82, 2.24) is 4.90 Å². The summed E-state index contributed by atoms with van der Waals surface area (Å²) in [5.41, 5.74) is 1.27. The Kier molecular flexibility index (Phi) is 6.63. The van der Waals surface area contributed by atoms with Crippen molar-refractivity contribution in [2.75, 3.05) is 24.5 Å². The number of piperidine rings is 1. The zero-order chi connectivity index (χ0) is 24.5. The molecule has 6 nitrogen and oxygen atoms in total. The molecule has 0 radical (unpaired) electrons. The lowest BCUT2D eigenvalue weighted by Gasteiger charge is -2.31. The van der Waals surface area contributed by atoms with Gasteiger partial charge in [-0.2, -0.15) is 13.2 Å². The molecule has 2 aromatic carbocycles. The molecule has 1 atom stereocenters. The first-order valence-corrected chi connectivity index (χ1v) is 11.2. The average Bonchev–Trinajstić information content (AvgIpc) is 3.27. The summed E-state index contributed by atoms with van der Waals surface area (Å²) in [6, 6.07) is 11.7. The number of para-hydroxylation sites is 1. The molecule has 0 N–H and O–H groups in total. The van der Waals surface area contributed by atoms with E-state index in [4.69, 9.17) is 4.74 Å². The van der Waals surface area contributed by atoms with Crippen molar-refractivity contribution in [3.63, 3.8) is 0 Å². The molecule has 0 aromatic heterocycles. The van der Waals surface area contributed by atoms with Gasteiger partial charge in [0.15, 0.2) is 6.10 Å². The lowest BCUT2D eigenvalue weighted by molar-refractivity contribution is -0.159. The minimum atomic E-state index is -4.46. The number of likely N-dealkylation sites (tertiary alicyclic amines) is 1. The molecule has 2 aliphatic rings. The van der Waals surface area contributed by atoms with Gasteiger partial charge in [-0.25, -0.2) is 0 Å². The molecule has 2 heterocycles. The molecule has 2 aliphatic heterocycles. The van der Waals surface area contributed by atoms with Crippen LogP contribution in [0.4, 0.5) is 18.9 Å². The summed E-state index contributed by atoms with van der Waals surface area (Å²) in [6.45, 7) is 2.66. The number of rotatable bonds is 4. The number of hydrogen-bond donors (Lipinski definition) is 0. The highest BCUT2D eigenvalue weighted by Crippen LogP contribution is 2.30. The maximum absolute atomic E-state index is 12.8. The largest absolute Gasteiger partial charge is 0.452 e. The zero-order valence-corrected chi connectivity index (χ0v) is 18.7. The van der Waals surface area contributed by atoms with Gasteiger partial charge in [-0.1, -0.05) is 18.2 Å². The molecule has 4 rings (SSSR count). The number of carbonyl (C=O) groups excluding carboxylic acids is 3. The summed E-state index contributed by atoms with van der Waals surface area (Å²) in [5, 5.41) is 0. The van der Waals surface area contributed by atoms with Crippen LogP contribution in [-0.4, -0.2) is 48.4 Å². The van der Waals surface area contributed by atoms with E-state index in [1.807, 2.05) is 24.3 Å². The Hall–Kier alpha value is -3.36. The van der Waals surface area contributed by atoms with E-state index in [1.54, 1.807) is 11.8 Å². The molecule has 0 aliphatic carbocycles. The van der Waals surface area contributed by atoms with E-state index in [0.29, 0.717) is 19.4 Å². The molecule has 2 amide bonds. The maximum Gasteiger partial charge on any atom is 0.416 e. The first kappa shape index (κ1) is 23.8. The number of anilines is 1. The normalized spacial score (nSPS) is 17.3. The molecule has 1 saturated heterocycles. The van der Waals surface area contributed by atoms with Crippen molar-refractivity contribution in [2.24, 2.45) is 5.92 Å². The minimum Gasteiger partial charge on any atom is -0.452 e. The summed E-state index contributed by atoms with van der Waals surface area (Å²) >= 11 is 0. The van der Waals surface area contributed by atoms with E-state index in [1.165, 1.54) is 4.90 Å². The van der Waals surface area contributed by atoms with Crippen molar-refractivity contribution in [3.05, 3.63) is 65.2 Å². The molecule has 1 fully saturated rings. The van der Waals surface area contributed by atoms with E-state index < -0.39 is 29.7 Å². The van der Waals surface area contributed by atoms with Gasteiger partial charge in [-0.15, -0.1) is 0 Å². The molecule has 0 saturated carbocycles. The van der Waals surface area contributed by atoms with Gasteiger partial charge >= 0.3 is 12.1 Å². The molecule has 0 spiro atoms. The third-order valence-corrected chi connectivity index (χ3v) is 6.37. The number of nitrogens with zero attached hydrogens (tertiary/aromatic N) is 2. The van der Waals surface area contributed by atoms with Gasteiger partial charge in [-0.3, -0.25) is 14.4 Å². The second kappa shape index (κ2) is 9.48. The topological polar surface area (TPSA) is 66.9 Å². The SMILES string of the molecule is CC(OC(=O)C1CCN(C(=O)c2ccc(C(F)(F)F)cc2)CC1)C(=O)N1CCc2ccccc21. The number of benzene rings is 2. The first-order chi connectivity index (χ1) is 16.1. The summed E-state index contributed by atoms with van der Waals surface area (Å²) in [5.74, 6) is -1.57. The Bertz CT molecular complexity index is 1080. The number of esters is 1. The van der Waals surface area contributed by atoms with Crippen LogP contribution >= 0.6 is 0 Å². The number of halogens is 3. The first-order valence-electron chi connectivity index (χ1n) is 11.2. The van der Waals surface area contributed by atoms with Crippen LogP contribution in [0.3, 0.4) is 0 Å². The molecule has 180 valence electrons. The summed E-state index contributed by atoms with van der Waals surface area (Å²) in [7, 11) is 0. The highest BCUT2D eigenvalue weighted by atomic mass is 19.4. The Balaban J connectivity index is 1.29. The fraction of sp³-hybridized carbons (Fsp3) is 0.400. The standard InChI is InChI=1S/C25H25F3N2O4/c1-16(22(31)30-15-12-17-4-2-3-5-21(17)30)34-24(33)19-10-13-29(14-11-19)23(32)18-6-8-20(9-7-18)25(26,27)28/h2-9,16,19H,10-15H2,1H3. The van der Waals surface area contributed by atoms with Crippen molar-refractivity contribution in [3.8, 4) is 0 Å². The number of alkyl halides is 3. The average molecular weight is 474 g/mol. The quantitative estimate of drug-likeness (QED) is 0.627. The fourth-order valence-corrected chi connectivity index (χ4v) is 4.41. The summed E-state index contributed by atoms with van der Waals surface area (Å²) in [4.78, 5) is 41.3. The number of hydrogen-bond acceptors (Lipinski definition) is 4. The van der Waals surface area contributed by atoms with Gasteiger partial charge in [0, 0.05) is 30.9 Å². The number of fused-ring (bicyclic) bond motifs is 1. The van der Waals surface area contributed by atoms with Crippen molar-refractivity contribution in [1.29, 1.82) is 0 Å². The lowest BCUT2D eigenvalue weighted by atomic mass is 9.96. The van der Waals surface area contributed by atoms with Gasteiger partial charge in [0.1, 0.15) is 0 Å². The van der Waals surface area contributed by atoms with Crippen LogP contribution in [0.25, 0.3) is 0 Å². The molecule has 9 heteroatoms. The van der Waals surface area contributed by atoms with E-state index in [0.717, 1.165) is 41.9 Å². The predicted octanol–water partition coefficient (Wildman–Crippen LogP) is 4.08. The van der Waals surface area contributed by atoms with Crippen LogP contribution in [0.15, 0.2) is 48.5 Å².